The van der Waals surface area contributed by atoms with E-state index >= 15 is 0 Å². The molecule has 2 nitrogen and oxygen atoms in total. The number of nitrogens with zero attached hydrogens (tertiary/aromatic N) is 1. The van der Waals surface area contributed by atoms with Crippen LogP contribution < -0.4 is 0 Å². The molecular formula is C14H8BrNOS. The number of thiophene rings is 1. The molecule has 0 aliphatic heterocycles. The van der Waals surface area contributed by atoms with Crippen LogP contribution in [0.5, 0.6) is 0 Å². The summed E-state index contributed by atoms with van der Waals surface area (Å²) in [6.45, 7) is 0. The van der Waals surface area contributed by atoms with Crippen LogP contribution in [-0.4, -0.2) is 5.78 Å². The minimum atomic E-state index is -0.233. The van der Waals surface area contributed by atoms with Crippen LogP contribution in [0.15, 0.2) is 51.8 Å². The van der Waals surface area contributed by atoms with Crippen molar-refractivity contribution in [3.63, 3.8) is 0 Å². The van der Waals surface area contributed by atoms with Crippen molar-refractivity contribution >= 4 is 39.1 Å². The fraction of sp³-hybridized carbons (Fsp3) is 0. The van der Waals surface area contributed by atoms with Gasteiger partial charge in [-0.05, 0) is 29.2 Å². The van der Waals surface area contributed by atoms with E-state index < -0.39 is 0 Å². The average molecular weight is 318 g/mol. The summed E-state index contributed by atoms with van der Waals surface area (Å²) >= 11 is 4.73. The van der Waals surface area contributed by atoms with Crippen LogP contribution in [0.3, 0.4) is 0 Å². The van der Waals surface area contributed by atoms with Crippen molar-refractivity contribution in [2.45, 2.75) is 0 Å². The van der Waals surface area contributed by atoms with Gasteiger partial charge in [-0.3, -0.25) is 4.79 Å². The van der Waals surface area contributed by atoms with Crippen molar-refractivity contribution in [1.29, 1.82) is 5.26 Å². The third kappa shape index (κ3) is 2.76. The van der Waals surface area contributed by atoms with E-state index in [1.165, 1.54) is 11.3 Å². The lowest BCUT2D eigenvalue weighted by Crippen LogP contribution is -1.99. The Kier molecular flexibility index (Phi) is 4.08. The first-order valence-electron chi connectivity index (χ1n) is 5.17. The van der Waals surface area contributed by atoms with Gasteiger partial charge < -0.3 is 0 Å². The summed E-state index contributed by atoms with van der Waals surface area (Å²) in [5.74, 6) is -0.233. The number of carbonyl (C=O) groups excluding carboxylic acids is 1. The second kappa shape index (κ2) is 5.76. The molecule has 0 aliphatic rings. The van der Waals surface area contributed by atoms with E-state index in [9.17, 15) is 4.79 Å². The third-order valence-corrected chi connectivity index (χ3v) is 3.91. The minimum absolute atomic E-state index is 0.143. The number of Topliss-reactive ketones (excluding diaryl/α,β-unsaturated/α-hetero) is 1. The van der Waals surface area contributed by atoms with Gasteiger partial charge in [-0.25, -0.2) is 0 Å². The molecule has 4 heteroatoms. The summed E-state index contributed by atoms with van der Waals surface area (Å²) in [6, 6.07) is 12.9. The largest absolute Gasteiger partial charge is 0.287 e. The molecule has 18 heavy (non-hydrogen) atoms. The van der Waals surface area contributed by atoms with Crippen LogP contribution in [0, 0.1) is 11.3 Å². The van der Waals surface area contributed by atoms with E-state index in [4.69, 9.17) is 5.26 Å². The van der Waals surface area contributed by atoms with Crippen molar-refractivity contribution < 1.29 is 4.79 Å². The van der Waals surface area contributed by atoms with E-state index in [-0.39, 0.29) is 11.4 Å². The highest BCUT2D eigenvalue weighted by Crippen LogP contribution is 2.21. The molecule has 0 fully saturated rings. The molecular weight excluding hydrogens is 310 g/mol. The highest BCUT2D eigenvalue weighted by Gasteiger charge is 2.13. The van der Waals surface area contributed by atoms with Gasteiger partial charge in [-0.2, -0.15) is 5.26 Å². The second-order valence-electron chi connectivity index (χ2n) is 3.50. The quantitative estimate of drug-likeness (QED) is 0.481. The van der Waals surface area contributed by atoms with Crippen molar-refractivity contribution in [2.24, 2.45) is 0 Å². The highest BCUT2D eigenvalue weighted by molar-refractivity contribution is 9.10. The van der Waals surface area contributed by atoms with E-state index in [1.807, 2.05) is 35.7 Å². The van der Waals surface area contributed by atoms with Crippen molar-refractivity contribution in [2.75, 3.05) is 0 Å². The van der Waals surface area contributed by atoms with Crippen LogP contribution in [0.4, 0.5) is 0 Å². The lowest BCUT2D eigenvalue weighted by atomic mass is 10.1. The average Bonchev–Trinajstić information content (AvgIpc) is 2.91. The predicted octanol–water partition coefficient (Wildman–Crippen LogP) is 4.30. The number of halogens is 1. The summed E-state index contributed by atoms with van der Waals surface area (Å²) in [7, 11) is 0. The van der Waals surface area contributed by atoms with E-state index in [2.05, 4.69) is 15.9 Å². The Bertz CT molecular complexity index is 638. The normalized spacial score (nSPS) is 11.0. The zero-order chi connectivity index (χ0) is 13.0. The lowest BCUT2D eigenvalue weighted by molar-refractivity contribution is 0.104. The number of allylic oxidation sites excluding steroid dienone is 1. The van der Waals surface area contributed by atoms with Gasteiger partial charge in [0.05, 0.1) is 4.88 Å². The Balaban J connectivity index is 2.39. The molecule has 0 saturated heterocycles. The zero-order valence-electron chi connectivity index (χ0n) is 9.26. The molecule has 0 radical (unpaired) electrons. The second-order valence-corrected chi connectivity index (χ2v) is 5.30. The number of ketones is 1. The number of rotatable bonds is 3. The van der Waals surface area contributed by atoms with Crippen LogP contribution in [0.2, 0.25) is 0 Å². The molecule has 0 amide bonds. The number of benzene rings is 1. The molecule has 0 atom stereocenters. The Hall–Kier alpha value is -1.70. The van der Waals surface area contributed by atoms with Crippen molar-refractivity contribution in [3.8, 4) is 6.07 Å². The van der Waals surface area contributed by atoms with Crippen molar-refractivity contribution in [3.05, 3.63) is 62.3 Å². The van der Waals surface area contributed by atoms with E-state index in [0.717, 1.165) is 10.0 Å². The van der Waals surface area contributed by atoms with Gasteiger partial charge in [0.15, 0.2) is 0 Å². The monoisotopic (exact) mass is 317 g/mol. The van der Waals surface area contributed by atoms with Gasteiger partial charge in [0.25, 0.3) is 0 Å². The minimum Gasteiger partial charge on any atom is -0.287 e. The zero-order valence-corrected chi connectivity index (χ0v) is 11.7. The molecule has 1 aromatic carbocycles. The first kappa shape index (κ1) is 12.7. The summed E-state index contributed by atoms with van der Waals surface area (Å²) < 4.78 is 0.858. The molecule has 0 saturated carbocycles. The Morgan fingerprint density at radius 1 is 1.28 bits per heavy atom. The topological polar surface area (TPSA) is 40.9 Å². The van der Waals surface area contributed by atoms with Crippen LogP contribution in [-0.2, 0) is 0 Å². The smallest absolute Gasteiger partial charge is 0.213 e. The predicted molar refractivity (Wildman–Crippen MR) is 76.4 cm³/mol. The van der Waals surface area contributed by atoms with Gasteiger partial charge in [0, 0.05) is 4.47 Å². The highest BCUT2D eigenvalue weighted by atomic mass is 79.9. The molecule has 2 rings (SSSR count). The Labute approximate surface area is 117 Å². The number of carbonyl (C=O) groups is 1. The molecule has 1 aromatic heterocycles. The third-order valence-electron chi connectivity index (χ3n) is 2.32. The van der Waals surface area contributed by atoms with E-state index in [0.29, 0.717) is 4.88 Å². The molecule has 0 unspecified atom stereocenters. The maximum absolute atomic E-state index is 12.1. The number of hydrogen-bond acceptors (Lipinski definition) is 3. The summed E-state index contributed by atoms with van der Waals surface area (Å²) in [4.78, 5) is 12.6. The fourth-order valence-electron chi connectivity index (χ4n) is 1.44. The van der Waals surface area contributed by atoms with Crippen LogP contribution >= 0.6 is 27.3 Å². The van der Waals surface area contributed by atoms with Gasteiger partial charge in [0.2, 0.25) is 5.78 Å². The Morgan fingerprint density at radius 3 is 2.67 bits per heavy atom. The van der Waals surface area contributed by atoms with Gasteiger partial charge in [-0.15, -0.1) is 11.3 Å². The van der Waals surface area contributed by atoms with Gasteiger partial charge >= 0.3 is 0 Å². The van der Waals surface area contributed by atoms with E-state index in [1.54, 1.807) is 18.2 Å². The SMILES string of the molecule is N#C/C(=C\c1ccccc1Br)C(=O)c1cccs1. The van der Waals surface area contributed by atoms with Gasteiger partial charge in [-0.1, -0.05) is 40.2 Å². The van der Waals surface area contributed by atoms with Crippen LogP contribution in [0.1, 0.15) is 15.2 Å². The maximum Gasteiger partial charge on any atom is 0.213 e. The first-order valence-corrected chi connectivity index (χ1v) is 6.84. The molecule has 0 bridgehead atoms. The molecule has 0 N–H and O–H groups in total. The molecule has 2 aromatic rings. The van der Waals surface area contributed by atoms with Gasteiger partial charge in [0.1, 0.15) is 11.6 Å². The molecule has 1 heterocycles. The van der Waals surface area contributed by atoms with Crippen LogP contribution in [0.25, 0.3) is 6.08 Å². The summed E-state index contributed by atoms with van der Waals surface area (Å²) in [6.07, 6.45) is 1.60. The first-order chi connectivity index (χ1) is 8.72. The molecule has 0 aliphatic carbocycles. The lowest BCUT2D eigenvalue weighted by Gasteiger charge is -1.99. The number of hydrogen-bond donors (Lipinski definition) is 0. The standard InChI is InChI=1S/C14H8BrNOS/c15-12-5-2-1-4-10(12)8-11(9-16)14(17)13-6-3-7-18-13/h1-8H/b11-8+. The fourth-order valence-corrected chi connectivity index (χ4v) is 2.51. The molecule has 88 valence electrons. The summed E-state index contributed by atoms with van der Waals surface area (Å²) in [5, 5.41) is 10.9. The molecule has 0 spiro atoms. The van der Waals surface area contributed by atoms with Crippen molar-refractivity contribution in [1.82, 2.24) is 0 Å². The number of nitriles is 1. The maximum atomic E-state index is 12.1. The summed E-state index contributed by atoms with van der Waals surface area (Å²) in [5.41, 5.74) is 0.961. The Morgan fingerprint density at radius 2 is 2.06 bits per heavy atom.